The van der Waals surface area contributed by atoms with Crippen molar-refractivity contribution in [2.45, 2.75) is 33.4 Å². The van der Waals surface area contributed by atoms with Gasteiger partial charge in [0.2, 0.25) is 5.91 Å². The minimum absolute atomic E-state index is 0.110. The van der Waals surface area contributed by atoms with Gasteiger partial charge in [-0.05, 0) is 62.2 Å². The van der Waals surface area contributed by atoms with E-state index in [4.69, 9.17) is 0 Å². The molecule has 0 aliphatic rings. The van der Waals surface area contributed by atoms with Crippen molar-refractivity contribution in [3.63, 3.8) is 0 Å². The van der Waals surface area contributed by atoms with E-state index < -0.39 is 0 Å². The molecule has 10 nitrogen and oxygen atoms in total. The van der Waals surface area contributed by atoms with E-state index in [0.717, 1.165) is 32.4 Å². The first-order valence-corrected chi connectivity index (χ1v) is 12.2. The lowest BCUT2D eigenvalue weighted by Gasteiger charge is -2.22. The second-order valence-corrected chi connectivity index (χ2v) is 9.35. The molecule has 0 radical (unpaired) electrons. The zero-order chi connectivity index (χ0) is 27.6. The largest absolute Gasteiger partial charge is 0.363 e. The number of benzene rings is 2. The van der Waals surface area contributed by atoms with Gasteiger partial charge in [-0.25, -0.2) is 14.6 Å². The molecule has 4 rings (SSSR count). The van der Waals surface area contributed by atoms with Crippen molar-refractivity contribution in [1.29, 1.82) is 5.26 Å². The number of nitriles is 1. The molecule has 38 heavy (non-hydrogen) atoms. The Morgan fingerprint density at radius 1 is 1.11 bits per heavy atom. The quantitative estimate of drug-likeness (QED) is 0.400. The van der Waals surface area contributed by atoms with Gasteiger partial charge in [-0.2, -0.15) is 10.4 Å². The van der Waals surface area contributed by atoms with Gasteiger partial charge in [-0.3, -0.25) is 9.59 Å². The van der Waals surface area contributed by atoms with Crippen LogP contribution in [-0.4, -0.2) is 51.7 Å². The monoisotopic (exact) mass is 510 g/mol. The number of anilines is 3. The number of likely N-dealkylation sites (N-methyl/N-ethyl adjacent to an activating group) is 1. The number of hydrogen-bond donors (Lipinski definition) is 1. The fraction of sp³-hybridized carbons (Fsp3) is 0.286. The molecule has 0 spiro atoms. The van der Waals surface area contributed by atoms with Crippen LogP contribution in [0.15, 0.2) is 53.3 Å². The molecule has 1 N–H and O–H groups in total. The third kappa shape index (κ3) is 5.32. The van der Waals surface area contributed by atoms with Gasteiger partial charge in [0.1, 0.15) is 18.2 Å². The molecule has 2 aromatic carbocycles. The highest BCUT2D eigenvalue weighted by Crippen LogP contribution is 2.31. The maximum absolute atomic E-state index is 12.3. The van der Waals surface area contributed by atoms with E-state index in [1.165, 1.54) is 11.0 Å². The van der Waals surface area contributed by atoms with Crippen molar-refractivity contribution in [1.82, 2.24) is 24.6 Å². The van der Waals surface area contributed by atoms with E-state index in [1.807, 2.05) is 69.1 Å². The number of nitrogens with zero attached hydrogens (tertiary/aromatic N) is 7. The SMILES string of the molecule is Cc1nc(N[C@H](C)c2cccc(C#N)c2C)c2cc(N(C)c3ccc(=O)n(CC(=O)N(C)C)n3)ccc2n1. The van der Waals surface area contributed by atoms with Crippen molar-refractivity contribution in [3.05, 3.63) is 81.4 Å². The number of aryl methyl sites for hydroxylation is 1. The van der Waals surface area contributed by atoms with Gasteiger partial charge in [-0.1, -0.05) is 12.1 Å². The molecule has 2 heterocycles. The van der Waals surface area contributed by atoms with Crippen molar-refractivity contribution in [2.24, 2.45) is 0 Å². The summed E-state index contributed by atoms with van der Waals surface area (Å²) < 4.78 is 1.16. The standard InChI is InChI=1S/C28H30N8O2/c1-17-20(15-29)8-7-9-22(17)18(2)30-28-23-14-21(10-11-24(23)31-19(3)32-28)35(6)25-12-13-26(37)36(33-25)16-27(38)34(4)5/h7-14,18H,16H2,1-6H3,(H,30,31,32)/t18-/m1/s1. The first-order valence-electron chi connectivity index (χ1n) is 12.2. The molecule has 0 fully saturated rings. The zero-order valence-electron chi connectivity index (χ0n) is 22.4. The highest BCUT2D eigenvalue weighted by molar-refractivity contribution is 5.92. The van der Waals surface area contributed by atoms with E-state index in [0.29, 0.717) is 23.0 Å². The third-order valence-electron chi connectivity index (χ3n) is 6.47. The normalized spacial score (nSPS) is 11.6. The minimum Gasteiger partial charge on any atom is -0.363 e. The van der Waals surface area contributed by atoms with Gasteiger partial charge >= 0.3 is 0 Å². The number of rotatable bonds is 7. The van der Waals surface area contributed by atoms with E-state index in [-0.39, 0.29) is 24.1 Å². The summed E-state index contributed by atoms with van der Waals surface area (Å²) in [5, 5.41) is 18.2. The number of fused-ring (bicyclic) bond motifs is 1. The molecule has 10 heteroatoms. The van der Waals surface area contributed by atoms with Gasteiger partial charge in [0, 0.05) is 38.3 Å². The Bertz CT molecular complexity index is 1620. The Hall–Kier alpha value is -4.78. The smallest absolute Gasteiger partial charge is 0.267 e. The predicted molar refractivity (Wildman–Crippen MR) is 147 cm³/mol. The second-order valence-electron chi connectivity index (χ2n) is 9.35. The lowest BCUT2D eigenvalue weighted by molar-refractivity contribution is -0.129. The predicted octanol–water partition coefficient (Wildman–Crippen LogP) is 3.70. The number of carbonyl (C=O) groups is 1. The molecule has 0 saturated carbocycles. The van der Waals surface area contributed by atoms with Crippen LogP contribution in [0.5, 0.6) is 0 Å². The molecule has 0 bridgehead atoms. The summed E-state index contributed by atoms with van der Waals surface area (Å²) in [7, 11) is 5.11. The van der Waals surface area contributed by atoms with Gasteiger partial charge in [0.05, 0.1) is 23.2 Å². The van der Waals surface area contributed by atoms with Crippen LogP contribution in [-0.2, 0) is 11.3 Å². The van der Waals surface area contributed by atoms with E-state index in [2.05, 4.69) is 26.5 Å². The van der Waals surface area contributed by atoms with Crippen LogP contribution in [0.1, 0.15) is 35.5 Å². The molecule has 2 aromatic heterocycles. The highest BCUT2D eigenvalue weighted by atomic mass is 16.2. The van der Waals surface area contributed by atoms with Gasteiger partial charge < -0.3 is 15.1 Å². The lowest BCUT2D eigenvalue weighted by Crippen LogP contribution is -2.33. The molecule has 0 aliphatic heterocycles. The topological polar surface area (TPSA) is 120 Å². The van der Waals surface area contributed by atoms with Crippen molar-refractivity contribution >= 4 is 34.1 Å². The molecular weight excluding hydrogens is 480 g/mol. The van der Waals surface area contributed by atoms with E-state index >= 15 is 0 Å². The summed E-state index contributed by atoms with van der Waals surface area (Å²) in [4.78, 5) is 37.0. The van der Waals surface area contributed by atoms with Crippen LogP contribution in [0.3, 0.4) is 0 Å². The summed E-state index contributed by atoms with van der Waals surface area (Å²) in [6, 6.07) is 16.7. The number of carbonyl (C=O) groups excluding carboxylic acids is 1. The van der Waals surface area contributed by atoms with E-state index in [9.17, 15) is 14.9 Å². The first kappa shape index (κ1) is 26.3. The number of amides is 1. The van der Waals surface area contributed by atoms with Crippen molar-refractivity contribution in [2.75, 3.05) is 31.4 Å². The Balaban J connectivity index is 1.70. The van der Waals surface area contributed by atoms with Crippen LogP contribution in [0, 0.1) is 25.2 Å². The average molecular weight is 511 g/mol. The maximum atomic E-state index is 12.3. The Labute approximate surface area is 221 Å². The van der Waals surface area contributed by atoms with Crippen LogP contribution in [0.2, 0.25) is 0 Å². The van der Waals surface area contributed by atoms with Crippen molar-refractivity contribution in [3.8, 4) is 6.07 Å². The molecule has 1 atom stereocenters. The van der Waals surface area contributed by atoms with Crippen LogP contribution in [0.25, 0.3) is 10.9 Å². The van der Waals surface area contributed by atoms with Gasteiger partial charge in [-0.15, -0.1) is 0 Å². The fourth-order valence-electron chi connectivity index (χ4n) is 4.21. The van der Waals surface area contributed by atoms with Crippen LogP contribution >= 0.6 is 0 Å². The number of aromatic nitrogens is 4. The third-order valence-corrected chi connectivity index (χ3v) is 6.47. The van der Waals surface area contributed by atoms with Gasteiger partial charge in [0.25, 0.3) is 5.56 Å². The average Bonchev–Trinajstić information content (AvgIpc) is 2.89. The number of nitrogens with one attached hydrogen (secondary N) is 1. The molecule has 0 unspecified atom stereocenters. The summed E-state index contributed by atoms with van der Waals surface area (Å²) in [6.45, 7) is 5.68. The molecule has 4 aromatic rings. The Morgan fingerprint density at radius 3 is 2.58 bits per heavy atom. The fourth-order valence-corrected chi connectivity index (χ4v) is 4.21. The minimum atomic E-state index is -0.351. The summed E-state index contributed by atoms with van der Waals surface area (Å²) in [5.74, 6) is 1.59. The maximum Gasteiger partial charge on any atom is 0.267 e. The summed E-state index contributed by atoms with van der Waals surface area (Å²) in [5.41, 5.74) is 3.82. The number of hydrogen-bond acceptors (Lipinski definition) is 8. The molecule has 0 saturated heterocycles. The lowest BCUT2D eigenvalue weighted by atomic mass is 9.98. The van der Waals surface area contributed by atoms with Crippen LogP contribution < -0.4 is 15.8 Å². The molecule has 194 valence electrons. The molecule has 0 aliphatic carbocycles. The van der Waals surface area contributed by atoms with Crippen LogP contribution in [0.4, 0.5) is 17.3 Å². The molecule has 1 amide bonds. The summed E-state index contributed by atoms with van der Waals surface area (Å²) in [6.07, 6.45) is 0. The van der Waals surface area contributed by atoms with Gasteiger partial charge in [0.15, 0.2) is 5.82 Å². The summed E-state index contributed by atoms with van der Waals surface area (Å²) >= 11 is 0. The Morgan fingerprint density at radius 2 is 1.87 bits per heavy atom. The van der Waals surface area contributed by atoms with E-state index in [1.54, 1.807) is 20.2 Å². The first-order chi connectivity index (χ1) is 18.1. The Kier molecular flexibility index (Phi) is 7.39. The van der Waals surface area contributed by atoms with Crippen molar-refractivity contribution < 1.29 is 4.79 Å². The molecular formula is C28H30N8O2. The highest BCUT2D eigenvalue weighted by Gasteiger charge is 2.16. The second kappa shape index (κ2) is 10.7. The zero-order valence-corrected chi connectivity index (χ0v) is 22.4.